The second-order valence-electron chi connectivity index (χ2n) is 8.45. The summed E-state index contributed by atoms with van der Waals surface area (Å²) in [5.74, 6) is 0. The first kappa shape index (κ1) is 20.4. The van der Waals surface area contributed by atoms with Crippen molar-refractivity contribution in [3.8, 4) is 0 Å². The van der Waals surface area contributed by atoms with Crippen molar-refractivity contribution < 1.29 is 4.79 Å². The summed E-state index contributed by atoms with van der Waals surface area (Å²) in [6, 6.07) is 0. The van der Waals surface area contributed by atoms with Crippen LogP contribution in [0.1, 0.15) is 98.8 Å². The number of carbonyl (C=O) groups is 1. The molecule has 1 heteroatoms. The molecule has 0 saturated carbocycles. The van der Waals surface area contributed by atoms with Crippen LogP contribution in [-0.4, -0.2) is 6.29 Å². The lowest BCUT2D eigenvalue weighted by Crippen LogP contribution is -2.13. The van der Waals surface area contributed by atoms with E-state index in [1.54, 1.807) is 6.08 Å². The van der Waals surface area contributed by atoms with Gasteiger partial charge in [-0.25, -0.2) is 0 Å². The SMILES string of the molecule is CC(C)(C)CCCC(C)(C)CCCCCCC/C=C/C=O. The zero-order valence-electron chi connectivity index (χ0n) is 15.2. The van der Waals surface area contributed by atoms with Crippen molar-refractivity contribution in [3.05, 3.63) is 12.2 Å². The molecule has 0 bridgehead atoms. The highest BCUT2D eigenvalue weighted by molar-refractivity contribution is 5.64. The average molecular weight is 295 g/mol. The summed E-state index contributed by atoms with van der Waals surface area (Å²) in [6.45, 7) is 11.9. The van der Waals surface area contributed by atoms with Crippen molar-refractivity contribution in [1.29, 1.82) is 0 Å². The quantitative estimate of drug-likeness (QED) is 0.222. The van der Waals surface area contributed by atoms with E-state index in [-0.39, 0.29) is 0 Å². The summed E-state index contributed by atoms with van der Waals surface area (Å²) in [5.41, 5.74) is 0.992. The minimum absolute atomic E-state index is 0.481. The van der Waals surface area contributed by atoms with Crippen LogP contribution < -0.4 is 0 Å². The summed E-state index contributed by atoms with van der Waals surface area (Å²) in [7, 11) is 0. The standard InChI is InChI=1S/C20H38O/c1-19(2,3)15-14-17-20(4,5)16-12-10-8-6-7-9-11-13-18-21/h11,13,18H,6-10,12,14-17H2,1-5H3/b13-11+. The van der Waals surface area contributed by atoms with Gasteiger partial charge in [0.1, 0.15) is 6.29 Å². The van der Waals surface area contributed by atoms with Gasteiger partial charge in [0, 0.05) is 0 Å². The van der Waals surface area contributed by atoms with E-state index in [1.165, 1.54) is 57.8 Å². The van der Waals surface area contributed by atoms with Gasteiger partial charge in [-0.05, 0) is 49.0 Å². The van der Waals surface area contributed by atoms with Crippen LogP contribution in [0.4, 0.5) is 0 Å². The fourth-order valence-electron chi connectivity index (χ4n) is 2.77. The molecule has 0 rings (SSSR count). The van der Waals surface area contributed by atoms with Crippen molar-refractivity contribution in [3.63, 3.8) is 0 Å². The molecule has 1 nitrogen and oxygen atoms in total. The normalized spacial score (nSPS) is 13.0. The Hall–Kier alpha value is -0.590. The maximum Gasteiger partial charge on any atom is 0.142 e. The van der Waals surface area contributed by atoms with Gasteiger partial charge in [-0.3, -0.25) is 4.79 Å². The Morgan fingerprint density at radius 3 is 1.90 bits per heavy atom. The van der Waals surface area contributed by atoms with Crippen LogP contribution in [-0.2, 0) is 4.79 Å². The molecular weight excluding hydrogens is 256 g/mol. The first-order chi connectivity index (χ1) is 9.77. The molecule has 0 spiro atoms. The number of aldehydes is 1. The molecule has 124 valence electrons. The first-order valence-electron chi connectivity index (χ1n) is 8.87. The van der Waals surface area contributed by atoms with Crippen molar-refractivity contribution in [2.45, 2.75) is 98.8 Å². The van der Waals surface area contributed by atoms with Gasteiger partial charge in [0.15, 0.2) is 0 Å². The van der Waals surface area contributed by atoms with E-state index in [9.17, 15) is 4.79 Å². The highest BCUT2D eigenvalue weighted by Crippen LogP contribution is 2.32. The Balaban J connectivity index is 3.52. The molecule has 0 saturated heterocycles. The molecule has 0 aromatic rings. The van der Waals surface area contributed by atoms with Crippen LogP contribution in [0, 0.1) is 10.8 Å². The number of allylic oxidation sites excluding steroid dienone is 2. The van der Waals surface area contributed by atoms with E-state index in [1.807, 2.05) is 6.08 Å². The van der Waals surface area contributed by atoms with Crippen LogP contribution in [0.2, 0.25) is 0 Å². The highest BCUT2D eigenvalue weighted by Gasteiger charge is 2.18. The Kier molecular flexibility index (Phi) is 10.7. The molecule has 0 aromatic carbocycles. The van der Waals surface area contributed by atoms with E-state index < -0.39 is 0 Å². The maximum atomic E-state index is 10.1. The summed E-state index contributed by atoms with van der Waals surface area (Å²) >= 11 is 0. The molecule has 0 atom stereocenters. The van der Waals surface area contributed by atoms with Crippen molar-refractivity contribution in [1.82, 2.24) is 0 Å². The fourth-order valence-corrected chi connectivity index (χ4v) is 2.77. The number of unbranched alkanes of at least 4 members (excludes halogenated alkanes) is 5. The van der Waals surface area contributed by atoms with E-state index >= 15 is 0 Å². The summed E-state index contributed by atoms with van der Waals surface area (Å²) in [4.78, 5) is 10.1. The average Bonchev–Trinajstić information content (AvgIpc) is 2.35. The monoisotopic (exact) mass is 294 g/mol. The number of hydrogen-bond donors (Lipinski definition) is 0. The summed E-state index contributed by atoms with van der Waals surface area (Å²) < 4.78 is 0. The molecule has 0 N–H and O–H groups in total. The second kappa shape index (κ2) is 11.0. The van der Waals surface area contributed by atoms with Gasteiger partial charge in [-0.1, -0.05) is 72.8 Å². The summed E-state index contributed by atoms with van der Waals surface area (Å²) in [6.07, 6.45) is 17.5. The van der Waals surface area contributed by atoms with Crippen molar-refractivity contribution in [2.24, 2.45) is 10.8 Å². The molecule has 0 unspecified atom stereocenters. The van der Waals surface area contributed by atoms with E-state index in [0.717, 1.165) is 12.7 Å². The lowest BCUT2D eigenvalue weighted by atomic mass is 9.79. The lowest BCUT2D eigenvalue weighted by molar-refractivity contribution is -0.104. The van der Waals surface area contributed by atoms with Gasteiger partial charge in [-0.15, -0.1) is 0 Å². The number of hydrogen-bond acceptors (Lipinski definition) is 1. The zero-order valence-corrected chi connectivity index (χ0v) is 15.2. The van der Waals surface area contributed by atoms with Crippen LogP contribution >= 0.6 is 0 Å². The van der Waals surface area contributed by atoms with Gasteiger partial charge in [0.2, 0.25) is 0 Å². The molecule has 0 aliphatic heterocycles. The zero-order chi connectivity index (χ0) is 16.2. The van der Waals surface area contributed by atoms with Crippen LogP contribution in [0.5, 0.6) is 0 Å². The fraction of sp³-hybridized carbons (Fsp3) is 0.850. The molecular formula is C20H38O. The molecule has 0 radical (unpaired) electrons. The van der Waals surface area contributed by atoms with Crippen LogP contribution in [0.25, 0.3) is 0 Å². The third kappa shape index (κ3) is 15.6. The van der Waals surface area contributed by atoms with Crippen molar-refractivity contribution >= 4 is 6.29 Å². The third-order valence-electron chi connectivity index (χ3n) is 4.22. The lowest BCUT2D eigenvalue weighted by Gasteiger charge is -2.27. The Morgan fingerprint density at radius 2 is 1.29 bits per heavy atom. The van der Waals surface area contributed by atoms with Gasteiger partial charge in [0.05, 0.1) is 0 Å². The topological polar surface area (TPSA) is 17.1 Å². The van der Waals surface area contributed by atoms with Crippen LogP contribution in [0.3, 0.4) is 0 Å². The molecule has 0 aliphatic rings. The smallest absolute Gasteiger partial charge is 0.142 e. The molecule has 0 aliphatic carbocycles. The Labute approximate surface area is 133 Å². The second-order valence-corrected chi connectivity index (χ2v) is 8.45. The molecule has 0 heterocycles. The van der Waals surface area contributed by atoms with Gasteiger partial charge >= 0.3 is 0 Å². The van der Waals surface area contributed by atoms with E-state index in [0.29, 0.717) is 10.8 Å². The predicted molar refractivity (Wildman–Crippen MR) is 94.6 cm³/mol. The number of rotatable bonds is 12. The minimum Gasteiger partial charge on any atom is -0.299 e. The Bertz CT molecular complexity index is 281. The summed E-state index contributed by atoms with van der Waals surface area (Å²) in [5, 5.41) is 0. The van der Waals surface area contributed by atoms with Gasteiger partial charge in [0.25, 0.3) is 0 Å². The largest absolute Gasteiger partial charge is 0.299 e. The van der Waals surface area contributed by atoms with E-state index in [2.05, 4.69) is 34.6 Å². The highest BCUT2D eigenvalue weighted by atomic mass is 16.1. The number of carbonyl (C=O) groups excluding carboxylic acids is 1. The van der Waals surface area contributed by atoms with Gasteiger partial charge in [-0.2, -0.15) is 0 Å². The van der Waals surface area contributed by atoms with Crippen molar-refractivity contribution in [2.75, 3.05) is 0 Å². The van der Waals surface area contributed by atoms with E-state index in [4.69, 9.17) is 0 Å². The Morgan fingerprint density at radius 1 is 0.714 bits per heavy atom. The third-order valence-corrected chi connectivity index (χ3v) is 4.22. The minimum atomic E-state index is 0.481. The molecule has 0 aromatic heterocycles. The predicted octanol–water partition coefficient (Wildman–Crippen LogP) is 6.71. The molecule has 0 amide bonds. The molecule has 0 fully saturated rings. The van der Waals surface area contributed by atoms with Crippen LogP contribution in [0.15, 0.2) is 12.2 Å². The van der Waals surface area contributed by atoms with Gasteiger partial charge < -0.3 is 0 Å². The first-order valence-corrected chi connectivity index (χ1v) is 8.87. The maximum absolute atomic E-state index is 10.1. The molecule has 21 heavy (non-hydrogen) atoms.